The summed E-state index contributed by atoms with van der Waals surface area (Å²) in [6.07, 6.45) is 5.69. The third-order valence-electron chi connectivity index (χ3n) is 2.90. The Kier molecular flexibility index (Phi) is 3.40. The minimum atomic E-state index is 0.255. The number of ether oxygens (including phenoxy) is 1. The van der Waals surface area contributed by atoms with Crippen LogP contribution in [0.15, 0.2) is 35.9 Å². The summed E-state index contributed by atoms with van der Waals surface area (Å²) in [6, 6.07) is 7.70. The van der Waals surface area contributed by atoms with Gasteiger partial charge in [-0.2, -0.15) is 0 Å². The first-order chi connectivity index (χ1) is 7.79. The summed E-state index contributed by atoms with van der Waals surface area (Å²) in [6.45, 7) is 0. The van der Waals surface area contributed by atoms with Gasteiger partial charge in [-0.3, -0.25) is 4.79 Å². The second-order valence-corrected chi connectivity index (χ2v) is 4.07. The molecular weight excluding hydrogens is 200 g/mol. The molecule has 2 rings (SSSR count). The standard InChI is InChI=1S/C14H16O2/c1-16-13-8-4-5-11(9-13)10-14(15)12-6-2-3-7-12/h4-6,8-9H,2-3,7,10H2,1H3. The fraction of sp³-hybridized carbons (Fsp3) is 0.357. The predicted octanol–water partition coefficient (Wildman–Crippen LogP) is 2.92. The second kappa shape index (κ2) is 4.97. The third-order valence-corrected chi connectivity index (χ3v) is 2.90. The van der Waals surface area contributed by atoms with E-state index in [-0.39, 0.29) is 5.78 Å². The molecule has 0 spiro atoms. The Bertz CT molecular complexity index is 418. The molecular formula is C14H16O2. The molecule has 2 heteroatoms. The largest absolute Gasteiger partial charge is 0.497 e. The van der Waals surface area contributed by atoms with Gasteiger partial charge in [-0.05, 0) is 42.5 Å². The van der Waals surface area contributed by atoms with Crippen molar-refractivity contribution >= 4 is 5.78 Å². The molecule has 84 valence electrons. The van der Waals surface area contributed by atoms with Crippen molar-refractivity contribution in [2.45, 2.75) is 25.7 Å². The van der Waals surface area contributed by atoms with Crippen molar-refractivity contribution in [1.29, 1.82) is 0 Å². The van der Waals surface area contributed by atoms with Gasteiger partial charge in [0.05, 0.1) is 7.11 Å². The molecule has 0 heterocycles. The van der Waals surface area contributed by atoms with E-state index >= 15 is 0 Å². The molecule has 0 fully saturated rings. The molecule has 0 amide bonds. The van der Waals surface area contributed by atoms with Crippen LogP contribution >= 0.6 is 0 Å². The number of ketones is 1. The highest BCUT2D eigenvalue weighted by Gasteiger charge is 2.13. The van der Waals surface area contributed by atoms with Crippen molar-refractivity contribution in [3.05, 3.63) is 41.5 Å². The van der Waals surface area contributed by atoms with Crippen LogP contribution in [0, 0.1) is 0 Å². The summed E-state index contributed by atoms with van der Waals surface area (Å²) in [5.41, 5.74) is 2.03. The van der Waals surface area contributed by atoms with Crippen molar-refractivity contribution in [3.63, 3.8) is 0 Å². The van der Waals surface area contributed by atoms with Gasteiger partial charge in [0, 0.05) is 6.42 Å². The molecule has 0 unspecified atom stereocenters. The molecule has 0 aliphatic heterocycles. The normalized spacial score (nSPS) is 14.7. The molecule has 0 radical (unpaired) electrons. The fourth-order valence-corrected chi connectivity index (χ4v) is 2.01. The summed E-state index contributed by atoms with van der Waals surface area (Å²) in [4.78, 5) is 11.9. The smallest absolute Gasteiger partial charge is 0.162 e. The van der Waals surface area contributed by atoms with E-state index in [2.05, 4.69) is 6.08 Å². The van der Waals surface area contributed by atoms with E-state index in [1.165, 1.54) is 0 Å². The highest BCUT2D eigenvalue weighted by Crippen LogP contribution is 2.21. The van der Waals surface area contributed by atoms with Crippen LogP contribution in [0.25, 0.3) is 0 Å². The zero-order valence-corrected chi connectivity index (χ0v) is 9.53. The van der Waals surface area contributed by atoms with Crippen LogP contribution in [0.4, 0.5) is 0 Å². The number of carbonyl (C=O) groups excluding carboxylic acids is 1. The second-order valence-electron chi connectivity index (χ2n) is 4.07. The Hall–Kier alpha value is -1.57. The zero-order valence-electron chi connectivity index (χ0n) is 9.53. The first kappa shape index (κ1) is 10.9. The number of allylic oxidation sites excluding steroid dienone is 2. The first-order valence-electron chi connectivity index (χ1n) is 5.65. The van der Waals surface area contributed by atoms with Crippen molar-refractivity contribution in [1.82, 2.24) is 0 Å². The van der Waals surface area contributed by atoms with E-state index < -0.39 is 0 Å². The number of rotatable bonds is 4. The van der Waals surface area contributed by atoms with E-state index in [1.807, 2.05) is 24.3 Å². The Morgan fingerprint density at radius 3 is 3.00 bits per heavy atom. The number of hydrogen-bond donors (Lipinski definition) is 0. The summed E-state index contributed by atoms with van der Waals surface area (Å²) >= 11 is 0. The van der Waals surface area contributed by atoms with Crippen molar-refractivity contribution in [3.8, 4) is 5.75 Å². The Balaban J connectivity index is 2.05. The number of Topliss-reactive ketones (excluding diaryl/α,β-unsaturated/α-hetero) is 1. The molecule has 0 N–H and O–H groups in total. The molecule has 16 heavy (non-hydrogen) atoms. The Morgan fingerprint density at radius 1 is 1.44 bits per heavy atom. The molecule has 2 nitrogen and oxygen atoms in total. The molecule has 0 saturated heterocycles. The number of hydrogen-bond acceptors (Lipinski definition) is 2. The van der Waals surface area contributed by atoms with Crippen LogP contribution < -0.4 is 4.74 Å². The predicted molar refractivity (Wildman–Crippen MR) is 63.6 cm³/mol. The fourth-order valence-electron chi connectivity index (χ4n) is 2.01. The van der Waals surface area contributed by atoms with Crippen LogP contribution in [0.1, 0.15) is 24.8 Å². The van der Waals surface area contributed by atoms with Crippen molar-refractivity contribution < 1.29 is 9.53 Å². The van der Waals surface area contributed by atoms with E-state index in [1.54, 1.807) is 7.11 Å². The van der Waals surface area contributed by atoms with Gasteiger partial charge >= 0.3 is 0 Å². The van der Waals surface area contributed by atoms with Crippen molar-refractivity contribution in [2.75, 3.05) is 7.11 Å². The maximum absolute atomic E-state index is 11.9. The Labute approximate surface area is 95.9 Å². The van der Waals surface area contributed by atoms with Gasteiger partial charge in [-0.1, -0.05) is 18.2 Å². The van der Waals surface area contributed by atoms with Crippen LogP contribution in [0.3, 0.4) is 0 Å². The molecule has 0 aromatic heterocycles. The molecule has 1 aliphatic rings. The monoisotopic (exact) mass is 216 g/mol. The molecule has 0 bridgehead atoms. The number of carbonyl (C=O) groups is 1. The first-order valence-corrected chi connectivity index (χ1v) is 5.65. The molecule has 1 aromatic rings. The minimum absolute atomic E-state index is 0.255. The van der Waals surface area contributed by atoms with E-state index in [4.69, 9.17) is 4.74 Å². The van der Waals surface area contributed by atoms with Crippen LogP contribution in [-0.4, -0.2) is 12.9 Å². The van der Waals surface area contributed by atoms with E-state index in [0.717, 1.165) is 36.1 Å². The lowest BCUT2D eigenvalue weighted by atomic mass is 10.0. The third kappa shape index (κ3) is 2.51. The topological polar surface area (TPSA) is 26.3 Å². The van der Waals surface area contributed by atoms with E-state index in [0.29, 0.717) is 6.42 Å². The lowest BCUT2D eigenvalue weighted by molar-refractivity contribution is -0.115. The summed E-state index contributed by atoms with van der Waals surface area (Å²) < 4.78 is 5.14. The Morgan fingerprint density at radius 2 is 2.31 bits per heavy atom. The van der Waals surface area contributed by atoms with Crippen molar-refractivity contribution in [2.24, 2.45) is 0 Å². The highest BCUT2D eigenvalue weighted by atomic mass is 16.5. The average molecular weight is 216 g/mol. The number of methoxy groups -OCH3 is 1. The van der Waals surface area contributed by atoms with Gasteiger partial charge in [0.25, 0.3) is 0 Å². The molecule has 0 atom stereocenters. The van der Waals surface area contributed by atoms with Crippen LogP contribution in [0.5, 0.6) is 5.75 Å². The van der Waals surface area contributed by atoms with Gasteiger partial charge in [-0.15, -0.1) is 0 Å². The molecule has 1 aromatic carbocycles. The van der Waals surface area contributed by atoms with Crippen LogP contribution in [-0.2, 0) is 11.2 Å². The zero-order chi connectivity index (χ0) is 11.4. The lowest BCUT2D eigenvalue weighted by Gasteiger charge is -2.04. The van der Waals surface area contributed by atoms with Crippen LogP contribution in [0.2, 0.25) is 0 Å². The SMILES string of the molecule is COc1cccc(CC(=O)C2=CCCC2)c1. The highest BCUT2D eigenvalue weighted by molar-refractivity contribution is 5.97. The van der Waals surface area contributed by atoms with E-state index in [9.17, 15) is 4.79 Å². The number of benzene rings is 1. The van der Waals surface area contributed by atoms with Gasteiger partial charge in [0.2, 0.25) is 0 Å². The summed E-state index contributed by atoms with van der Waals surface area (Å²) in [5, 5.41) is 0. The lowest BCUT2D eigenvalue weighted by Crippen LogP contribution is -2.04. The minimum Gasteiger partial charge on any atom is -0.497 e. The maximum Gasteiger partial charge on any atom is 0.162 e. The molecule has 1 aliphatic carbocycles. The molecule has 0 saturated carbocycles. The van der Waals surface area contributed by atoms with Gasteiger partial charge in [-0.25, -0.2) is 0 Å². The van der Waals surface area contributed by atoms with Gasteiger partial charge in [0.15, 0.2) is 5.78 Å². The summed E-state index contributed by atoms with van der Waals surface area (Å²) in [5.74, 6) is 1.07. The van der Waals surface area contributed by atoms with Gasteiger partial charge < -0.3 is 4.74 Å². The maximum atomic E-state index is 11.9. The van der Waals surface area contributed by atoms with Gasteiger partial charge in [0.1, 0.15) is 5.75 Å². The quantitative estimate of drug-likeness (QED) is 0.773. The average Bonchev–Trinajstić information content (AvgIpc) is 2.83. The summed E-state index contributed by atoms with van der Waals surface area (Å²) in [7, 11) is 1.64.